The molecule has 0 unspecified atom stereocenters. The van der Waals surface area contributed by atoms with Crippen LogP contribution in [-0.2, 0) is 6.54 Å². The molecular formula is C15H18N2OS. The van der Waals surface area contributed by atoms with Gasteiger partial charge in [0.25, 0.3) is 0 Å². The molecule has 0 spiro atoms. The Labute approximate surface area is 119 Å². The normalized spacial score (nSPS) is 10.5. The molecule has 19 heavy (non-hydrogen) atoms. The first-order chi connectivity index (χ1) is 9.16. The van der Waals surface area contributed by atoms with Gasteiger partial charge in [-0.15, -0.1) is 0 Å². The third-order valence-corrected chi connectivity index (χ3v) is 3.08. The molecule has 1 heterocycles. The number of benzene rings is 1. The van der Waals surface area contributed by atoms with E-state index in [0.29, 0.717) is 17.6 Å². The van der Waals surface area contributed by atoms with Gasteiger partial charge >= 0.3 is 0 Å². The average molecular weight is 274 g/mol. The van der Waals surface area contributed by atoms with Gasteiger partial charge in [0.1, 0.15) is 5.76 Å². The standard InChI is InChI=1S/C15H18N2OS/c1-11(2)13-7-3-4-8-14(13)17-15(19)16-10-12-6-5-9-18-12/h3-9,11H,10H2,1-2H3,(H2,16,17,19). The molecule has 0 aliphatic heterocycles. The lowest BCUT2D eigenvalue weighted by Gasteiger charge is -2.15. The summed E-state index contributed by atoms with van der Waals surface area (Å²) < 4.78 is 5.25. The van der Waals surface area contributed by atoms with E-state index < -0.39 is 0 Å². The number of para-hydroxylation sites is 1. The molecule has 2 rings (SSSR count). The molecule has 4 heteroatoms. The number of anilines is 1. The highest BCUT2D eigenvalue weighted by molar-refractivity contribution is 7.80. The molecule has 0 radical (unpaired) electrons. The fourth-order valence-corrected chi connectivity index (χ4v) is 2.04. The Morgan fingerprint density at radius 3 is 2.68 bits per heavy atom. The van der Waals surface area contributed by atoms with Crippen molar-refractivity contribution >= 4 is 23.0 Å². The Balaban J connectivity index is 1.95. The minimum Gasteiger partial charge on any atom is -0.467 e. The molecule has 1 aromatic heterocycles. The average Bonchev–Trinajstić information content (AvgIpc) is 2.90. The van der Waals surface area contributed by atoms with Crippen LogP contribution < -0.4 is 10.6 Å². The molecule has 0 saturated carbocycles. The van der Waals surface area contributed by atoms with Crippen LogP contribution >= 0.6 is 12.2 Å². The van der Waals surface area contributed by atoms with Crippen molar-refractivity contribution in [2.24, 2.45) is 0 Å². The van der Waals surface area contributed by atoms with Gasteiger partial charge in [0.05, 0.1) is 12.8 Å². The number of hydrogen-bond acceptors (Lipinski definition) is 2. The van der Waals surface area contributed by atoms with E-state index in [2.05, 4.69) is 30.5 Å². The summed E-state index contributed by atoms with van der Waals surface area (Å²) in [5.41, 5.74) is 2.30. The van der Waals surface area contributed by atoms with Crippen LogP contribution in [0.1, 0.15) is 31.1 Å². The molecule has 2 N–H and O–H groups in total. The first-order valence-electron chi connectivity index (χ1n) is 6.33. The number of rotatable bonds is 4. The lowest BCUT2D eigenvalue weighted by Crippen LogP contribution is -2.28. The Morgan fingerprint density at radius 2 is 2.00 bits per heavy atom. The van der Waals surface area contributed by atoms with Crippen molar-refractivity contribution in [3.05, 3.63) is 54.0 Å². The van der Waals surface area contributed by atoms with Crippen LogP contribution in [0.15, 0.2) is 47.1 Å². The van der Waals surface area contributed by atoms with Crippen molar-refractivity contribution in [2.45, 2.75) is 26.3 Å². The van der Waals surface area contributed by atoms with E-state index >= 15 is 0 Å². The van der Waals surface area contributed by atoms with E-state index in [1.165, 1.54) is 5.56 Å². The zero-order chi connectivity index (χ0) is 13.7. The molecular weight excluding hydrogens is 256 g/mol. The van der Waals surface area contributed by atoms with Crippen molar-refractivity contribution < 1.29 is 4.42 Å². The lowest BCUT2D eigenvalue weighted by molar-refractivity contribution is 0.503. The van der Waals surface area contributed by atoms with E-state index in [4.69, 9.17) is 16.6 Å². The summed E-state index contributed by atoms with van der Waals surface area (Å²) in [5, 5.41) is 6.96. The minimum atomic E-state index is 0.455. The van der Waals surface area contributed by atoms with Crippen LogP contribution in [-0.4, -0.2) is 5.11 Å². The second-order valence-corrected chi connectivity index (χ2v) is 5.04. The van der Waals surface area contributed by atoms with E-state index in [-0.39, 0.29) is 0 Å². The molecule has 0 saturated heterocycles. The summed E-state index contributed by atoms with van der Waals surface area (Å²) in [6.07, 6.45) is 1.65. The van der Waals surface area contributed by atoms with Crippen LogP contribution in [0, 0.1) is 0 Å². The summed E-state index contributed by atoms with van der Waals surface area (Å²) >= 11 is 5.29. The van der Waals surface area contributed by atoms with Gasteiger partial charge in [0.15, 0.2) is 5.11 Å². The maximum absolute atomic E-state index is 5.29. The van der Waals surface area contributed by atoms with E-state index in [0.717, 1.165) is 11.4 Å². The maximum Gasteiger partial charge on any atom is 0.171 e. The molecule has 0 bridgehead atoms. The Kier molecular flexibility index (Phi) is 4.58. The smallest absolute Gasteiger partial charge is 0.171 e. The highest BCUT2D eigenvalue weighted by atomic mass is 32.1. The van der Waals surface area contributed by atoms with Crippen molar-refractivity contribution in [1.29, 1.82) is 0 Å². The zero-order valence-corrected chi connectivity index (χ0v) is 12.0. The number of furan rings is 1. The molecule has 0 fully saturated rings. The number of hydrogen-bond donors (Lipinski definition) is 2. The van der Waals surface area contributed by atoms with Crippen LogP contribution in [0.5, 0.6) is 0 Å². The fraction of sp³-hybridized carbons (Fsp3) is 0.267. The third-order valence-electron chi connectivity index (χ3n) is 2.83. The summed E-state index contributed by atoms with van der Waals surface area (Å²) in [5.74, 6) is 1.32. The summed E-state index contributed by atoms with van der Waals surface area (Å²) in [6.45, 7) is 4.92. The van der Waals surface area contributed by atoms with Gasteiger partial charge in [-0.3, -0.25) is 0 Å². The molecule has 0 aliphatic carbocycles. The minimum absolute atomic E-state index is 0.455. The second kappa shape index (κ2) is 6.38. The second-order valence-electron chi connectivity index (χ2n) is 4.63. The summed E-state index contributed by atoms with van der Waals surface area (Å²) in [7, 11) is 0. The molecule has 0 amide bonds. The quantitative estimate of drug-likeness (QED) is 0.829. The van der Waals surface area contributed by atoms with Gasteiger partial charge < -0.3 is 15.1 Å². The lowest BCUT2D eigenvalue weighted by atomic mass is 10.0. The van der Waals surface area contributed by atoms with Gasteiger partial charge in [0.2, 0.25) is 0 Å². The predicted molar refractivity (Wildman–Crippen MR) is 82.3 cm³/mol. The monoisotopic (exact) mass is 274 g/mol. The van der Waals surface area contributed by atoms with Gasteiger partial charge in [-0.05, 0) is 41.9 Å². The molecule has 1 aromatic carbocycles. The van der Waals surface area contributed by atoms with Gasteiger partial charge in [-0.1, -0.05) is 32.0 Å². The first-order valence-corrected chi connectivity index (χ1v) is 6.74. The first kappa shape index (κ1) is 13.6. The highest BCUT2D eigenvalue weighted by Gasteiger charge is 2.07. The van der Waals surface area contributed by atoms with Crippen LogP contribution in [0.3, 0.4) is 0 Å². The summed E-state index contributed by atoms with van der Waals surface area (Å²) in [4.78, 5) is 0. The van der Waals surface area contributed by atoms with Gasteiger partial charge in [0, 0.05) is 5.69 Å². The van der Waals surface area contributed by atoms with Crippen LogP contribution in [0.2, 0.25) is 0 Å². The van der Waals surface area contributed by atoms with Crippen molar-refractivity contribution in [3.8, 4) is 0 Å². The largest absolute Gasteiger partial charge is 0.467 e. The van der Waals surface area contributed by atoms with Crippen molar-refractivity contribution in [2.75, 3.05) is 5.32 Å². The number of nitrogens with one attached hydrogen (secondary N) is 2. The van der Waals surface area contributed by atoms with Crippen LogP contribution in [0.4, 0.5) is 5.69 Å². The number of thiocarbonyl (C=S) groups is 1. The molecule has 3 nitrogen and oxygen atoms in total. The maximum atomic E-state index is 5.29. The Morgan fingerprint density at radius 1 is 1.21 bits per heavy atom. The third kappa shape index (κ3) is 3.83. The fourth-order valence-electron chi connectivity index (χ4n) is 1.86. The zero-order valence-electron chi connectivity index (χ0n) is 11.1. The van der Waals surface area contributed by atoms with Crippen molar-refractivity contribution in [3.63, 3.8) is 0 Å². The molecule has 0 atom stereocenters. The highest BCUT2D eigenvalue weighted by Crippen LogP contribution is 2.23. The van der Waals surface area contributed by atoms with Gasteiger partial charge in [-0.25, -0.2) is 0 Å². The molecule has 0 aliphatic rings. The molecule has 100 valence electrons. The van der Waals surface area contributed by atoms with E-state index in [1.54, 1.807) is 6.26 Å². The summed E-state index contributed by atoms with van der Waals surface area (Å²) in [6, 6.07) is 12.0. The topological polar surface area (TPSA) is 37.2 Å². The SMILES string of the molecule is CC(C)c1ccccc1NC(=S)NCc1ccco1. The Bertz CT molecular complexity index is 535. The van der Waals surface area contributed by atoms with E-state index in [1.807, 2.05) is 30.3 Å². The van der Waals surface area contributed by atoms with Crippen molar-refractivity contribution in [1.82, 2.24) is 5.32 Å². The predicted octanol–water partition coefficient (Wildman–Crippen LogP) is 3.89. The van der Waals surface area contributed by atoms with Crippen LogP contribution in [0.25, 0.3) is 0 Å². The van der Waals surface area contributed by atoms with Gasteiger partial charge in [-0.2, -0.15) is 0 Å². The Hall–Kier alpha value is -1.81. The molecule has 2 aromatic rings. The van der Waals surface area contributed by atoms with E-state index in [9.17, 15) is 0 Å².